The molecule has 0 aliphatic heterocycles. The summed E-state index contributed by atoms with van der Waals surface area (Å²) >= 11 is 0. The van der Waals surface area contributed by atoms with Gasteiger partial charge in [-0.1, -0.05) is 196 Å². The van der Waals surface area contributed by atoms with Crippen molar-refractivity contribution in [3.63, 3.8) is 0 Å². The van der Waals surface area contributed by atoms with Crippen LogP contribution in [-0.2, 0) is 27.9 Å². The Bertz CT molecular complexity index is 1360. The van der Waals surface area contributed by atoms with Gasteiger partial charge in [0.05, 0.1) is 13.2 Å². The summed E-state index contributed by atoms with van der Waals surface area (Å²) in [5.74, 6) is -0.518. The highest BCUT2D eigenvalue weighted by Gasteiger charge is 2.51. The molecular weight excluding hydrogens is 860 g/mol. The lowest BCUT2D eigenvalue weighted by molar-refractivity contribution is -0.220. The molecule has 12 nitrogen and oxygen atoms in total. The molecule has 1 rings (SSSR count). The molecule has 0 amide bonds. The number of hydrogen-bond donors (Lipinski definition) is 6. The highest BCUT2D eigenvalue weighted by atomic mass is 31.2. The van der Waals surface area contributed by atoms with E-state index in [1.165, 1.54) is 96.3 Å². The van der Waals surface area contributed by atoms with Crippen molar-refractivity contribution in [3.8, 4) is 0 Å². The highest BCUT2D eigenvalue weighted by Crippen LogP contribution is 2.47. The van der Waals surface area contributed by atoms with Gasteiger partial charge < -0.3 is 39.9 Å². The van der Waals surface area contributed by atoms with Crippen molar-refractivity contribution in [2.24, 2.45) is 0 Å². The lowest BCUT2D eigenvalue weighted by atomic mass is 9.85. The van der Waals surface area contributed by atoms with Crippen molar-refractivity contribution < 1.29 is 58.3 Å². The first-order valence-corrected chi connectivity index (χ1v) is 27.3. The number of ether oxygens (including phenoxy) is 2. The highest BCUT2D eigenvalue weighted by molar-refractivity contribution is 7.47. The molecule has 6 atom stereocenters. The average molecular weight is 953 g/mol. The molecule has 0 aromatic heterocycles. The second-order valence-electron chi connectivity index (χ2n) is 17.6. The van der Waals surface area contributed by atoms with Gasteiger partial charge in [0.15, 0.2) is 0 Å². The molecule has 6 unspecified atom stereocenters. The standard InChI is InChI=1S/C53H93O12P/c1-3-5-7-9-11-13-15-17-19-21-23-24-25-26-28-30-32-34-36-38-40-42-47(54)64-46(45-63-66(60,61)65-53-51(58)49(56)48(55)50(57)52(53)59)44-62-43-41-39-37-35-33-31-29-27-22-20-18-16-14-12-10-8-6-4-2/h5,7,11,13,17,19,23-24,26,28,32,34,46,48-53,55-59H,3-4,6,8-10,12,14-16,18,20-22,25,27,29-31,33,35-45H2,1-2H3,(H,60,61)/b7-5-,13-11-,19-17-,24-23-,28-26-,34-32-. The predicted molar refractivity (Wildman–Crippen MR) is 267 cm³/mol. The van der Waals surface area contributed by atoms with E-state index in [1.807, 2.05) is 0 Å². The first kappa shape index (κ1) is 61.8. The number of unbranched alkanes of at least 4 members (excludes halogenated alkanes) is 19. The summed E-state index contributed by atoms with van der Waals surface area (Å²) in [5, 5.41) is 50.3. The quantitative estimate of drug-likeness (QED) is 0.0147. The number of hydrogen-bond acceptors (Lipinski definition) is 11. The van der Waals surface area contributed by atoms with E-state index < -0.39 is 63.1 Å². The Kier molecular flexibility index (Phi) is 40.1. The first-order valence-electron chi connectivity index (χ1n) is 25.8. The molecule has 1 fully saturated rings. The Balaban J connectivity index is 2.39. The molecular formula is C53H93O12P. The fraction of sp³-hybridized carbons (Fsp3) is 0.755. The summed E-state index contributed by atoms with van der Waals surface area (Å²) in [5.41, 5.74) is 0. The molecule has 382 valence electrons. The van der Waals surface area contributed by atoms with Crippen LogP contribution in [0.2, 0.25) is 0 Å². The van der Waals surface area contributed by atoms with Crippen LogP contribution in [0.4, 0.5) is 0 Å². The van der Waals surface area contributed by atoms with E-state index in [-0.39, 0.29) is 13.0 Å². The fourth-order valence-corrected chi connectivity index (χ4v) is 8.51. The van der Waals surface area contributed by atoms with Crippen molar-refractivity contribution in [2.45, 2.75) is 236 Å². The van der Waals surface area contributed by atoms with Gasteiger partial charge in [-0.15, -0.1) is 0 Å². The summed E-state index contributed by atoms with van der Waals surface area (Å²) in [6.45, 7) is 4.12. The minimum atomic E-state index is -5.04. The van der Waals surface area contributed by atoms with E-state index >= 15 is 0 Å². The second-order valence-corrected chi connectivity index (χ2v) is 19.1. The Hall–Kier alpha value is -2.22. The number of phosphoric ester groups is 1. The zero-order valence-electron chi connectivity index (χ0n) is 41.0. The van der Waals surface area contributed by atoms with Gasteiger partial charge in [0.1, 0.15) is 42.7 Å². The average Bonchev–Trinajstić information content (AvgIpc) is 3.30. The monoisotopic (exact) mass is 953 g/mol. The number of aliphatic hydroxyl groups is 5. The minimum absolute atomic E-state index is 0.0957. The molecule has 0 aromatic rings. The van der Waals surface area contributed by atoms with Gasteiger partial charge in [-0.05, 0) is 64.2 Å². The maximum absolute atomic E-state index is 12.9. The SMILES string of the molecule is CC/C=C\C/C=C\C/C=C\C/C=C\C/C=C\C/C=C\CCCCC(=O)OC(COCCCCCCCCCCCCCCCCCCCC)COP(=O)(O)OC1C(O)C(O)C(O)C(O)C1O. The van der Waals surface area contributed by atoms with Crippen LogP contribution in [0.25, 0.3) is 0 Å². The first-order chi connectivity index (χ1) is 32.0. The number of carbonyl (C=O) groups excluding carboxylic acids is 1. The summed E-state index contributed by atoms with van der Waals surface area (Å²) in [4.78, 5) is 23.2. The molecule has 6 N–H and O–H groups in total. The summed E-state index contributed by atoms with van der Waals surface area (Å²) in [6.07, 6.45) is 44.0. The van der Waals surface area contributed by atoms with Gasteiger partial charge in [-0.25, -0.2) is 4.57 Å². The molecule has 0 spiro atoms. The van der Waals surface area contributed by atoms with Crippen LogP contribution in [0.1, 0.15) is 194 Å². The molecule has 0 aromatic carbocycles. The van der Waals surface area contributed by atoms with Crippen LogP contribution >= 0.6 is 7.82 Å². The Labute approximate surface area is 400 Å². The van der Waals surface area contributed by atoms with Crippen molar-refractivity contribution in [1.82, 2.24) is 0 Å². The molecule has 1 saturated carbocycles. The predicted octanol–water partition coefficient (Wildman–Crippen LogP) is 11.5. The summed E-state index contributed by atoms with van der Waals surface area (Å²) in [6, 6.07) is 0. The largest absolute Gasteiger partial charge is 0.472 e. The Morgan fingerprint density at radius 2 is 0.894 bits per heavy atom. The molecule has 0 radical (unpaired) electrons. The van der Waals surface area contributed by atoms with Crippen LogP contribution in [0.15, 0.2) is 72.9 Å². The van der Waals surface area contributed by atoms with Gasteiger partial charge in [-0.2, -0.15) is 0 Å². The third kappa shape index (κ3) is 34.1. The van der Waals surface area contributed by atoms with Crippen LogP contribution in [0.3, 0.4) is 0 Å². The topological polar surface area (TPSA) is 192 Å². The number of aliphatic hydroxyl groups excluding tert-OH is 5. The van der Waals surface area contributed by atoms with Crippen molar-refractivity contribution in [2.75, 3.05) is 19.8 Å². The van der Waals surface area contributed by atoms with Gasteiger partial charge in [0.25, 0.3) is 0 Å². The van der Waals surface area contributed by atoms with Crippen molar-refractivity contribution in [1.29, 1.82) is 0 Å². The van der Waals surface area contributed by atoms with Gasteiger partial charge in [0, 0.05) is 13.0 Å². The molecule has 0 bridgehead atoms. The number of allylic oxidation sites excluding steroid dienone is 12. The van der Waals surface area contributed by atoms with Gasteiger partial charge in [-0.3, -0.25) is 13.8 Å². The number of carbonyl (C=O) groups is 1. The number of esters is 1. The molecule has 0 saturated heterocycles. The van der Waals surface area contributed by atoms with Crippen LogP contribution in [0.5, 0.6) is 0 Å². The van der Waals surface area contributed by atoms with Crippen LogP contribution < -0.4 is 0 Å². The molecule has 1 aliphatic carbocycles. The number of rotatable bonds is 43. The third-order valence-electron chi connectivity index (χ3n) is 11.6. The molecule has 0 heterocycles. The van der Waals surface area contributed by atoms with Crippen LogP contribution in [0, 0.1) is 0 Å². The van der Waals surface area contributed by atoms with E-state index in [0.717, 1.165) is 70.6 Å². The van der Waals surface area contributed by atoms with Crippen molar-refractivity contribution >= 4 is 13.8 Å². The van der Waals surface area contributed by atoms with Crippen molar-refractivity contribution in [3.05, 3.63) is 72.9 Å². The van der Waals surface area contributed by atoms with E-state index in [4.69, 9.17) is 18.5 Å². The lowest BCUT2D eigenvalue weighted by Crippen LogP contribution is -2.64. The lowest BCUT2D eigenvalue weighted by Gasteiger charge is -2.41. The maximum Gasteiger partial charge on any atom is 0.472 e. The normalized spacial score (nSPS) is 22.0. The Morgan fingerprint density at radius 1 is 0.500 bits per heavy atom. The summed E-state index contributed by atoms with van der Waals surface area (Å²) < 4.78 is 34.3. The molecule has 1 aliphatic rings. The van der Waals surface area contributed by atoms with Crippen LogP contribution in [-0.4, -0.2) is 98.9 Å². The van der Waals surface area contributed by atoms with E-state index in [2.05, 4.69) is 86.8 Å². The minimum Gasteiger partial charge on any atom is -0.457 e. The smallest absolute Gasteiger partial charge is 0.457 e. The van der Waals surface area contributed by atoms with E-state index in [1.54, 1.807) is 0 Å². The molecule has 13 heteroatoms. The third-order valence-corrected chi connectivity index (χ3v) is 12.6. The number of phosphoric acid groups is 1. The zero-order chi connectivity index (χ0) is 48.4. The van der Waals surface area contributed by atoms with Gasteiger partial charge in [0.2, 0.25) is 0 Å². The maximum atomic E-state index is 12.9. The second kappa shape index (κ2) is 42.8. The van der Waals surface area contributed by atoms with E-state index in [0.29, 0.717) is 13.0 Å². The van der Waals surface area contributed by atoms with E-state index in [9.17, 15) is 39.8 Å². The zero-order valence-corrected chi connectivity index (χ0v) is 41.9. The van der Waals surface area contributed by atoms with Gasteiger partial charge >= 0.3 is 13.8 Å². The summed E-state index contributed by atoms with van der Waals surface area (Å²) in [7, 11) is -5.04. The fourth-order valence-electron chi connectivity index (χ4n) is 7.54. The molecule has 66 heavy (non-hydrogen) atoms. The Morgan fingerprint density at radius 3 is 1.33 bits per heavy atom.